The number of benzene rings is 2. The highest BCUT2D eigenvalue weighted by Gasteiger charge is 2.08. The standard InChI is InChI=1S/C18H19FN2O3/c1-3-24-15-7-4-13(5-8-15)10-18(23)21-14-6-9-16(19)17(11-14)20-12(2)22/h4-9,11H,3,10H2,1-2H3,(H,20,22)(H,21,23). The maximum absolute atomic E-state index is 13.6. The van der Waals surface area contributed by atoms with Gasteiger partial charge in [0, 0.05) is 12.6 Å². The van der Waals surface area contributed by atoms with E-state index in [-0.39, 0.29) is 23.9 Å². The zero-order valence-electron chi connectivity index (χ0n) is 13.6. The molecule has 2 N–H and O–H groups in total. The van der Waals surface area contributed by atoms with E-state index in [0.717, 1.165) is 11.3 Å². The van der Waals surface area contributed by atoms with Gasteiger partial charge in [0.05, 0.1) is 18.7 Å². The first-order chi connectivity index (χ1) is 11.5. The van der Waals surface area contributed by atoms with Crippen molar-refractivity contribution in [3.05, 3.63) is 53.8 Å². The van der Waals surface area contributed by atoms with Crippen LogP contribution < -0.4 is 15.4 Å². The summed E-state index contributed by atoms with van der Waals surface area (Å²) < 4.78 is 18.9. The smallest absolute Gasteiger partial charge is 0.228 e. The summed E-state index contributed by atoms with van der Waals surface area (Å²) in [4.78, 5) is 23.1. The van der Waals surface area contributed by atoms with Crippen molar-refractivity contribution in [2.45, 2.75) is 20.3 Å². The predicted octanol–water partition coefficient (Wildman–Crippen LogP) is 3.36. The van der Waals surface area contributed by atoms with Gasteiger partial charge >= 0.3 is 0 Å². The molecule has 5 nitrogen and oxygen atoms in total. The van der Waals surface area contributed by atoms with Gasteiger partial charge in [0.15, 0.2) is 0 Å². The molecule has 0 aliphatic rings. The van der Waals surface area contributed by atoms with Crippen LogP contribution in [0.5, 0.6) is 5.75 Å². The lowest BCUT2D eigenvalue weighted by molar-refractivity contribution is -0.115. The molecule has 0 unspecified atom stereocenters. The van der Waals surface area contributed by atoms with Gasteiger partial charge in [-0.3, -0.25) is 9.59 Å². The molecule has 0 saturated heterocycles. The third-order valence-electron chi connectivity index (χ3n) is 3.16. The molecule has 0 spiro atoms. The molecule has 126 valence electrons. The first-order valence-electron chi connectivity index (χ1n) is 7.56. The second-order valence-corrected chi connectivity index (χ2v) is 5.18. The second kappa shape index (κ2) is 8.10. The lowest BCUT2D eigenvalue weighted by atomic mass is 10.1. The molecule has 2 aromatic carbocycles. The maximum atomic E-state index is 13.6. The Hall–Kier alpha value is -2.89. The molecule has 2 rings (SSSR count). The van der Waals surface area contributed by atoms with E-state index in [0.29, 0.717) is 12.3 Å². The zero-order valence-corrected chi connectivity index (χ0v) is 13.6. The molecule has 24 heavy (non-hydrogen) atoms. The summed E-state index contributed by atoms with van der Waals surface area (Å²) in [5, 5.41) is 5.06. The van der Waals surface area contributed by atoms with Crippen molar-refractivity contribution in [1.82, 2.24) is 0 Å². The molecular formula is C18H19FN2O3. The third-order valence-corrected chi connectivity index (χ3v) is 3.16. The molecule has 0 saturated carbocycles. The molecular weight excluding hydrogens is 311 g/mol. The number of carbonyl (C=O) groups excluding carboxylic acids is 2. The lowest BCUT2D eigenvalue weighted by Gasteiger charge is -2.09. The van der Waals surface area contributed by atoms with Crippen LogP contribution in [0, 0.1) is 5.82 Å². The summed E-state index contributed by atoms with van der Waals surface area (Å²) in [6.07, 6.45) is 0.180. The fourth-order valence-electron chi connectivity index (χ4n) is 2.15. The summed E-state index contributed by atoms with van der Waals surface area (Å²) in [5.74, 6) is -0.429. The highest BCUT2D eigenvalue weighted by molar-refractivity contribution is 5.94. The Morgan fingerprint density at radius 3 is 2.42 bits per heavy atom. The lowest BCUT2D eigenvalue weighted by Crippen LogP contribution is -2.15. The number of nitrogens with one attached hydrogen (secondary N) is 2. The Bertz CT molecular complexity index is 730. The molecule has 0 aromatic heterocycles. The summed E-state index contributed by atoms with van der Waals surface area (Å²) in [6.45, 7) is 3.77. The largest absolute Gasteiger partial charge is 0.494 e. The number of rotatable bonds is 6. The highest BCUT2D eigenvalue weighted by atomic mass is 19.1. The summed E-state index contributed by atoms with van der Waals surface area (Å²) in [6, 6.07) is 11.3. The Labute approximate surface area is 139 Å². The fourth-order valence-corrected chi connectivity index (χ4v) is 2.15. The average Bonchev–Trinajstić information content (AvgIpc) is 2.52. The SMILES string of the molecule is CCOc1ccc(CC(=O)Nc2ccc(F)c(NC(C)=O)c2)cc1. The van der Waals surface area contributed by atoms with Gasteiger partial charge in [0.25, 0.3) is 0 Å². The van der Waals surface area contributed by atoms with Crippen molar-refractivity contribution in [2.24, 2.45) is 0 Å². The Kier molecular flexibility index (Phi) is 5.89. The predicted molar refractivity (Wildman–Crippen MR) is 90.6 cm³/mol. The van der Waals surface area contributed by atoms with Gasteiger partial charge < -0.3 is 15.4 Å². The molecule has 0 atom stereocenters. The highest BCUT2D eigenvalue weighted by Crippen LogP contribution is 2.20. The van der Waals surface area contributed by atoms with Gasteiger partial charge in [0.1, 0.15) is 11.6 Å². The summed E-state index contributed by atoms with van der Waals surface area (Å²) in [7, 11) is 0. The van der Waals surface area contributed by atoms with Gasteiger partial charge in [-0.05, 0) is 42.8 Å². The van der Waals surface area contributed by atoms with Crippen LogP contribution in [0.25, 0.3) is 0 Å². The van der Waals surface area contributed by atoms with Crippen molar-refractivity contribution in [3.63, 3.8) is 0 Å². The second-order valence-electron chi connectivity index (χ2n) is 5.18. The molecule has 0 fully saturated rings. The van der Waals surface area contributed by atoms with Gasteiger partial charge in [0.2, 0.25) is 11.8 Å². The van der Waals surface area contributed by atoms with Crippen LogP contribution in [0.15, 0.2) is 42.5 Å². The first kappa shape index (κ1) is 17.5. The van der Waals surface area contributed by atoms with E-state index in [1.165, 1.54) is 25.1 Å². The van der Waals surface area contributed by atoms with Crippen molar-refractivity contribution in [2.75, 3.05) is 17.2 Å². The van der Waals surface area contributed by atoms with Gasteiger partial charge in [-0.2, -0.15) is 0 Å². The molecule has 6 heteroatoms. The normalized spacial score (nSPS) is 10.1. The van der Waals surface area contributed by atoms with E-state index < -0.39 is 5.82 Å². The van der Waals surface area contributed by atoms with Gasteiger partial charge in [-0.25, -0.2) is 4.39 Å². The van der Waals surface area contributed by atoms with Crippen molar-refractivity contribution in [3.8, 4) is 5.75 Å². The van der Waals surface area contributed by atoms with Crippen LogP contribution in [0.1, 0.15) is 19.4 Å². The molecule has 0 aliphatic carbocycles. The molecule has 0 aliphatic heterocycles. The molecule has 2 amide bonds. The number of anilines is 2. The maximum Gasteiger partial charge on any atom is 0.228 e. The molecule has 0 heterocycles. The molecule has 2 aromatic rings. The van der Waals surface area contributed by atoms with E-state index in [4.69, 9.17) is 4.74 Å². The van der Waals surface area contributed by atoms with Crippen LogP contribution >= 0.6 is 0 Å². The summed E-state index contributed by atoms with van der Waals surface area (Å²) in [5.41, 5.74) is 1.28. The number of hydrogen-bond donors (Lipinski definition) is 2. The van der Waals surface area contributed by atoms with E-state index in [2.05, 4.69) is 10.6 Å². The third kappa shape index (κ3) is 5.08. The van der Waals surface area contributed by atoms with Crippen molar-refractivity contribution >= 4 is 23.2 Å². The topological polar surface area (TPSA) is 67.4 Å². The minimum atomic E-state index is -0.560. The Morgan fingerprint density at radius 1 is 1.08 bits per heavy atom. The number of ether oxygens (including phenoxy) is 1. The van der Waals surface area contributed by atoms with Gasteiger partial charge in [-0.15, -0.1) is 0 Å². The van der Waals surface area contributed by atoms with Crippen LogP contribution in [0.4, 0.5) is 15.8 Å². The minimum absolute atomic E-state index is 0.0290. The number of hydrogen-bond acceptors (Lipinski definition) is 3. The first-order valence-corrected chi connectivity index (χ1v) is 7.56. The van der Waals surface area contributed by atoms with Crippen LogP contribution in [-0.4, -0.2) is 18.4 Å². The Balaban J connectivity index is 2.00. The number of halogens is 1. The molecule has 0 radical (unpaired) electrons. The minimum Gasteiger partial charge on any atom is -0.494 e. The zero-order chi connectivity index (χ0) is 17.5. The van der Waals surface area contributed by atoms with Crippen molar-refractivity contribution in [1.29, 1.82) is 0 Å². The van der Waals surface area contributed by atoms with Crippen LogP contribution in [0.2, 0.25) is 0 Å². The average molecular weight is 330 g/mol. The number of amides is 2. The van der Waals surface area contributed by atoms with Crippen LogP contribution in [0.3, 0.4) is 0 Å². The fraction of sp³-hybridized carbons (Fsp3) is 0.222. The Morgan fingerprint density at radius 2 is 1.79 bits per heavy atom. The van der Waals surface area contributed by atoms with E-state index >= 15 is 0 Å². The summed E-state index contributed by atoms with van der Waals surface area (Å²) >= 11 is 0. The quantitative estimate of drug-likeness (QED) is 0.853. The monoisotopic (exact) mass is 330 g/mol. The van der Waals surface area contributed by atoms with E-state index in [1.807, 2.05) is 19.1 Å². The van der Waals surface area contributed by atoms with Crippen LogP contribution in [-0.2, 0) is 16.0 Å². The molecule has 0 bridgehead atoms. The van der Waals surface area contributed by atoms with Crippen molar-refractivity contribution < 1.29 is 18.7 Å². The van der Waals surface area contributed by atoms with E-state index in [9.17, 15) is 14.0 Å². The van der Waals surface area contributed by atoms with Gasteiger partial charge in [-0.1, -0.05) is 12.1 Å². The van der Waals surface area contributed by atoms with E-state index in [1.54, 1.807) is 12.1 Å². The number of carbonyl (C=O) groups is 2.